The predicted octanol–water partition coefficient (Wildman–Crippen LogP) is 1.78. The van der Waals surface area contributed by atoms with Crippen LogP contribution < -0.4 is 5.73 Å². The molecule has 0 saturated heterocycles. The second kappa shape index (κ2) is 4.57. The molecule has 4 heteroatoms. The van der Waals surface area contributed by atoms with Crippen LogP contribution in [0.2, 0.25) is 0 Å². The molecule has 0 saturated carbocycles. The van der Waals surface area contributed by atoms with Crippen LogP contribution in [0.1, 0.15) is 43.8 Å². The van der Waals surface area contributed by atoms with Gasteiger partial charge in [-0.05, 0) is 12.8 Å². The van der Waals surface area contributed by atoms with Crippen LogP contribution in [0.4, 0.5) is 0 Å². The zero-order valence-corrected chi connectivity index (χ0v) is 9.02. The number of allylic oxidation sites excluding steroid dienone is 1. The first kappa shape index (κ1) is 10.4. The van der Waals surface area contributed by atoms with Gasteiger partial charge in [-0.3, -0.25) is 0 Å². The molecule has 2 N–H and O–H groups in total. The molecular formula is C11H17N3O. The Balaban J connectivity index is 1.98. The standard InChI is InChI=1S/C11H17N3O/c1-2-3-4-10-13-11(15-14-10)8-5-6-9(12)7-8/h5-6,8-9H,2-4,7,12H2,1H3. The van der Waals surface area contributed by atoms with Crippen LogP contribution >= 0.6 is 0 Å². The maximum atomic E-state index is 5.77. The molecule has 0 aromatic carbocycles. The van der Waals surface area contributed by atoms with E-state index in [1.54, 1.807) is 0 Å². The fourth-order valence-corrected chi connectivity index (χ4v) is 1.76. The molecule has 4 nitrogen and oxygen atoms in total. The van der Waals surface area contributed by atoms with Crippen LogP contribution in [-0.2, 0) is 6.42 Å². The Kier molecular flexibility index (Phi) is 3.16. The van der Waals surface area contributed by atoms with E-state index in [-0.39, 0.29) is 12.0 Å². The second-order valence-corrected chi connectivity index (χ2v) is 4.04. The average molecular weight is 207 g/mol. The van der Waals surface area contributed by atoms with Gasteiger partial charge < -0.3 is 10.3 Å². The van der Waals surface area contributed by atoms with Crippen LogP contribution in [0.15, 0.2) is 16.7 Å². The number of hydrogen-bond acceptors (Lipinski definition) is 4. The topological polar surface area (TPSA) is 64.9 Å². The first-order valence-electron chi connectivity index (χ1n) is 5.56. The summed E-state index contributed by atoms with van der Waals surface area (Å²) < 4.78 is 5.23. The smallest absolute Gasteiger partial charge is 0.233 e. The number of aromatic nitrogens is 2. The van der Waals surface area contributed by atoms with Crippen LogP contribution in [0.25, 0.3) is 0 Å². The number of nitrogens with two attached hydrogens (primary N) is 1. The Hall–Kier alpha value is -1.16. The summed E-state index contributed by atoms with van der Waals surface area (Å²) in [4.78, 5) is 4.38. The highest BCUT2D eigenvalue weighted by Gasteiger charge is 2.22. The minimum atomic E-state index is 0.140. The molecule has 0 fully saturated rings. The van der Waals surface area contributed by atoms with Gasteiger partial charge in [-0.1, -0.05) is 30.7 Å². The largest absolute Gasteiger partial charge is 0.339 e. The molecule has 0 bridgehead atoms. The molecule has 82 valence electrons. The fourth-order valence-electron chi connectivity index (χ4n) is 1.76. The van der Waals surface area contributed by atoms with Crippen molar-refractivity contribution in [2.45, 2.75) is 44.6 Å². The second-order valence-electron chi connectivity index (χ2n) is 4.04. The van der Waals surface area contributed by atoms with E-state index in [0.29, 0.717) is 5.89 Å². The molecule has 0 aliphatic heterocycles. The third-order valence-corrected chi connectivity index (χ3v) is 2.67. The van der Waals surface area contributed by atoms with Crippen LogP contribution in [0.5, 0.6) is 0 Å². The Morgan fingerprint density at radius 3 is 3.07 bits per heavy atom. The maximum absolute atomic E-state index is 5.77. The van der Waals surface area contributed by atoms with E-state index in [0.717, 1.165) is 31.5 Å². The van der Waals surface area contributed by atoms with Gasteiger partial charge in [0, 0.05) is 12.5 Å². The molecule has 0 spiro atoms. The van der Waals surface area contributed by atoms with Gasteiger partial charge in [0.05, 0.1) is 5.92 Å². The zero-order chi connectivity index (χ0) is 10.7. The van der Waals surface area contributed by atoms with Gasteiger partial charge in [0.1, 0.15) is 0 Å². The lowest BCUT2D eigenvalue weighted by Gasteiger charge is -2.01. The summed E-state index contributed by atoms with van der Waals surface area (Å²) in [5.41, 5.74) is 5.77. The van der Waals surface area contributed by atoms with Gasteiger partial charge in [0.2, 0.25) is 5.89 Å². The van der Waals surface area contributed by atoms with Crippen molar-refractivity contribution in [1.82, 2.24) is 10.1 Å². The minimum Gasteiger partial charge on any atom is -0.339 e. The summed E-state index contributed by atoms with van der Waals surface area (Å²) in [5, 5.41) is 3.96. The van der Waals surface area contributed by atoms with Crippen molar-refractivity contribution in [3.63, 3.8) is 0 Å². The number of hydrogen-bond donors (Lipinski definition) is 1. The Morgan fingerprint density at radius 1 is 1.53 bits per heavy atom. The van der Waals surface area contributed by atoms with Gasteiger partial charge in [-0.2, -0.15) is 4.98 Å². The molecule has 1 aliphatic carbocycles. The van der Waals surface area contributed by atoms with Crippen molar-refractivity contribution in [3.05, 3.63) is 23.9 Å². The van der Waals surface area contributed by atoms with E-state index in [1.165, 1.54) is 0 Å². The van der Waals surface area contributed by atoms with Gasteiger partial charge in [0.15, 0.2) is 5.82 Å². The lowest BCUT2D eigenvalue weighted by molar-refractivity contribution is 0.359. The summed E-state index contributed by atoms with van der Waals surface area (Å²) in [6, 6.07) is 0.140. The fraction of sp³-hybridized carbons (Fsp3) is 0.636. The predicted molar refractivity (Wildman–Crippen MR) is 57.4 cm³/mol. The van der Waals surface area contributed by atoms with E-state index >= 15 is 0 Å². The number of aryl methyl sites for hydroxylation is 1. The van der Waals surface area contributed by atoms with Crippen LogP contribution in [0.3, 0.4) is 0 Å². The number of rotatable bonds is 4. The molecule has 2 atom stereocenters. The quantitative estimate of drug-likeness (QED) is 0.764. The Bertz CT molecular complexity index is 345. The van der Waals surface area contributed by atoms with Crippen molar-refractivity contribution in [3.8, 4) is 0 Å². The maximum Gasteiger partial charge on any atom is 0.233 e. The Labute approximate surface area is 89.5 Å². The highest BCUT2D eigenvalue weighted by atomic mass is 16.5. The average Bonchev–Trinajstić information content (AvgIpc) is 2.83. The van der Waals surface area contributed by atoms with Crippen molar-refractivity contribution in [2.24, 2.45) is 5.73 Å². The summed E-state index contributed by atoms with van der Waals surface area (Å²) in [5.74, 6) is 1.76. The normalized spacial score (nSPS) is 24.9. The molecule has 1 aromatic heterocycles. The highest BCUT2D eigenvalue weighted by Crippen LogP contribution is 2.26. The van der Waals surface area contributed by atoms with Crippen LogP contribution in [-0.4, -0.2) is 16.2 Å². The first-order valence-corrected chi connectivity index (χ1v) is 5.56. The van der Waals surface area contributed by atoms with Gasteiger partial charge in [-0.15, -0.1) is 0 Å². The van der Waals surface area contributed by atoms with E-state index in [9.17, 15) is 0 Å². The minimum absolute atomic E-state index is 0.140. The van der Waals surface area contributed by atoms with E-state index in [4.69, 9.17) is 10.3 Å². The van der Waals surface area contributed by atoms with Gasteiger partial charge in [-0.25, -0.2) is 0 Å². The molecule has 1 aromatic rings. The monoisotopic (exact) mass is 207 g/mol. The highest BCUT2D eigenvalue weighted by molar-refractivity contribution is 5.15. The number of unbranched alkanes of at least 4 members (excludes halogenated alkanes) is 1. The molecule has 0 radical (unpaired) electrons. The van der Waals surface area contributed by atoms with Crippen molar-refractivity contribution >= 4 is 0 Å². The third kappa shape index (κ3) is 2.45. The van der Waals surface area contributed by atoms with Gasteiger partial charge in [0.25, 0.3) is 0 Å². The molecule has 1 aliphatic rings. The van der Waals surface area contributed by atoms with E-state index in [1.807, 2.05) is 6.08 Å². The summed E-state index contributed by atoms with van der Waals surface area (Å²) in [7, 11) is 0. The molecule has 2 unspecified atom stereocenters. The van der Waals surface area contributed by atoms with E-state index < -0.39 is 0 Å². The SMILES string of the molecule is CCCCc1noc(C2C=CC(N)C2)n1. The Morgan fingerprint density at radius 2 is 2.40 bits per heavy atom. The lowest BCUT2D eigenvalue weighted by Crippen LogP contribution is -2.14. The van der Waals surface area contributed by atoms with E-state index in [2.05, 4.69) is 23.1 Å². The molecule has 1 heterocycles. The van der Waals surface area contributed by atoms with Crippen LogP contribution in [0, 0.1) is 0 Å². The third-order valence-electron chi connectivity index (χ3n) is 2.67. The first-order chi connectivity index (χ1) is 7.29. The zero-order valence-electron chi connectivity index (χ0n) is 9.02. The van der Waals surface area contributed by atoms with Gasteiger partial charge >= 0.3 is 0 Å². The van der Waals surface area contributed by atoms with Crippen molar-refractivity contribution < 1.29 is 4.52 Å². The molecule has 15 heavy (non-hydrogen) atoms. The molecular weight excluding hydrogens is 190 g/mol. The number of nitrogens with zero attached hydrogens (tertiary/aromatic N) is 2. The molecule has 2 rings (SSSR count). The summed E-state index contributed by atoms with van der Waals surface area (Å²) in [6.45, 7) is 2.15. The summed E-state index contributed by atoms with van der Waals surface area (Å²) >= 11 is 0. The summed E-state index contributed by atoms with van der Waals surface area (Å²) in [6.07, 6.45) is 8.11. The van der Waals surface area contributed by atoms with Crippen molar-refractivity contribution in [1.29, 1.82) is 0 Å². The lowest BCUT2D eigenvalue weighted by atomic mass is 10.1. The van der Waals surface area contributed by atoms with Crippen molar-refractivity contribution in [2.75, 3.05) is 0 Å². The molecule has 0 amide bonds.